The number of carbonyl (C=O) groups is 1. The van der Waals surface area contributed by atoms with E-state index in [0.29, 0.717) is 13.2 Å². The van der Waals surface area contributed by atoms with Gasteiger partial charge >= 0.3 is 6.03 Å². The van der Waals surface area contributed by atoms with E-state index >= 15 is 0 Å². The van der Waals surface area contributed by atoms with Crippen LogP contribution in [0.15, 0.2) is 24.3 Å². The molecule has 0 aliphatic carbocycles. The van der Waals surface area contributed by atoms with Crippen molar-refractivity contribution in [2.24, 2.45) is 0 Å². The molecule has 1 aromatic carbocycles. The molecule has 1 fully saturated rings. The summed E-state index contributed by atoms with van der Waals surface area (Å²) in [7, 11) is 0. The van der Waals surface area contributed by atoms with Gasteiger partial charge in [0.2, 0.25) is 0 Å². The summed E-state index contributed by atoms with van der Waals surface area (Å²) in [6, 6.07) is 8.06. The van der Waals surface area contributed by atoms with Gasteiger partial charge in [0, 0.05) is 42.5 Å². The number of fused-ring (bicyclic) bond motifs is 1. The molecule has 1 aromatic heterocycles. The first-order valence-corrected chi connectivity index (χ1v) is 11.7. The number of urea groups is 1. The van der Waals surface area contributed by atoms with Crippen LogP contribution in [-0.2, 0) is 11.2 Å². The Kier molecular flexibility index (Phi) is 6.91. The Balaban J connectivity index is 1.71. The van der Waals surface area contributed by atoms with E-state index in [1.165, 1.54) is 5.56 Å². The molecule has 172 valence electrons. The number of aromatic nitrogens is 2. The predicted molar refractivity (Wildman–Crippen MR) is 127 cm³/mol. The Labute approximate surface area is 190 Å². The first-order valence-electron chi connectivity index (χ1n) is 11.7. The summed E-state index contributed by atoms with van der Waals surface area (Å²) in [5.41, 5.74) is 4.08. The molecule has 0 spiro atoms. The largest absolute Gasteiger partial charge is 0.377 e. The van der Waals surface area contributed by atoms with Crippen LogP contribution in [0.25, 0.3) is 11.4 Å². The van der Waals surface area contributed by atoms with Gasteiger partial charge in [-0.3, -0.25) is 4.90 Å². The highest BCUT2D eigenvalue weighted by Gasteiger charge is 2.31. The van der Waals surface area contributed by atoms with Crippen LogP contribution >= 0.6 is 0 Å². The minimum atomic E-state index is -0.206. The number of morpholine rings is 1. The maximum absolute atomic E-state index is 11.8. The summed E-state index contributed by atoms with van der Waals surface area (Å²) >= 11 is 0. The lowest BCUT2D eigenvalue weighted by molar-refractivity contribution is 0.0982. The molecule has 4 rings (SSSR count). The maximum atomic E-state index is 11.8. The Hall–Kier alpha value is -2.71. The van der Waals surface area contributed by atoms with E-state index in [-0.39, 0.29) is 18.1 Å². The topological polar surface area (TPSA) is 82.6 Å². The SMILES string of the molecule is CCNC(=O)Nc1ccc(-c2nc3c(c(N4CCOCC4C)n2)CCN(CC)[C@H]3C)cc1. The van der Waals surface area contributed by atoms with Crippen molar-refractivity contribution in [3.63, 3.8) is 0 Å². The van der Waals surface area contributed by atoms with Crippen molar-refractivity contribution in [2.75, 3.05) is 49.6 Å². The van der Waals surface area contributed by atoms with Gasteiger partial charge in [-0.25, -0.2) is 14.8 Å². The Bertz CT molecular complexity index is 948. The molecule has 32 heavy (non-hydrogen) atoms. The smallest absolute Gasteiger partial charge is 0.319 e. The molecule has 2 aliphatic rings. The number of amides is 2. The number of hydrogen-bond donors (Lipinski definition) is 2. The minimum Gasteiger partial charge on any atom is -0.377 e. The van der Waals surface area contributed by atoms with E-state index in [1.54, 1.807) is 0 Å². The van der Waals surface area contributed by atoms with E-state index < -0.39 is 0 Å². The first-order chi connectivity index (χ1) is 15.5. The molecule has 1 unspecified atom stereocenters. The monoisotopic (exact) mass is 438 g/mol. The maximum Gasteiger partial charge on any atom is 0.319 e. The number of nitrogens with one attached hydrogen (secondary N) is 2. The minimum absolute atomic E-state index is 0.206. The number of nitrogens with zero attached hydrogens (tertiary/aromatic N) is 4. The van der Waals surface area contributed by atoms with E-state index in [9.17, 15) is 4.79 Å². The highest BCUT2D eigenvalue weighted by molar-refractivity contribution is 5.89. The van der Waals surface area contributed by atoms with Gasteiger partial charge in [0.05, 0.1) is 24.9 Å². The highest BCUT2D eigenvalue weighted by Crippen LogP contribution is 2.36. The molecule has 2 amide bonds. The van der Waals surface area contributed by atoms with E-state index in [1.807, 2.05) is 31.2 Å². The fourth-order valence-corrected chi connectivity index (χ4v) is 4.58. The van der Waals surface area contributed by atoms with Crippen LogP contribution in [0.4, 0.5) is 16.3 Å². The van der Waals surface area contributed by atoms with Crippen LogP contribution < -0.4 is 15.5 Å². The van der Waals surface area contributed by atoms with Gasteiger partial charge in [-0.05, 0) is 58.0 Å². The van der Waals surface area contributed by atoms with Crippen LogP contribution in [0, 0.1) is 0 Å². The highest BCUT2D eigenvalue weighted by atomic mass is 16.5. The third-order valence-corrected chi connectivity index (χ3v) is 6.39. The van der Waals surface area contributed by atoms with Gasteiger partial charge in [0.1, 0.15) is 5.82 Å². The number of likely N-dealkylation sites (N-methyl/N-ethyl adjacent to an activating group) is 1. The molecule has 3 heterocycles. The molecule has 0 bridgehead atoms. The summed E-state index contributed by atoms with van der Waals surface area (Å²) in [4.78, 5) is 26.8. The van der Waals surface area contributed by atoms with Crippen molar-refractivity contribution in [1.82, 2.24) is 20.2 Å². The van der Waals surface area contributed by atoms with Gasteiger partial charge in [-0.1, -0.05) is 6.92 Å². The second-order valence-electron chi connectivity index (χ2n) is 8.47. The molecule has 2 aromatic rings. The predicted octanol–water partition coefficient (Wildman–Crippen LogP) is 3.45. The third kappa shape index (κ3) is 4.56. The molecule has 8 heteroatoms. The fourth-order valence-electron chi connectivity index (χ4n) is 4.58. The zero-order chi connectivity index (χ0) is 22.7. The Morgan fingerprint density at radius 1 is 1.16 bits per heavy atom. The number of carbonyl (C=O) groups excluding carboxylic acids is 1. The van der Waals surface area contributed by atoms with Crippen molar-refractivity contribution < 1.29 is 9.53 Å². The first kappa shape index (κ1) is 22.5. The molecule has 8 nitrogen and oxygen atoms in total. The van der Waals surface area contributed by atoms with Gasteiger partial charge in [0.25, 0.3) is 0 Å². The zero-order valence-corrected chi connectivity index (χ0v) is 19.5. The zero-order valence-electron chi connectivity index (χ0n) is 19.5. The fraction of sp³-hybridized carbons (Fsp3) is 0.542. The van der Waals surface area contributed by atoms with Gasteiger partial charge in [-0.15, -0.1) is 0 Å². The summed E-state index contributed by atoms with van der Waals surface area (Å²) in [5, 5.41) is 5.58. The van der Waals surface area contributed by atoms with Gasteiger partial charge < -0.3 is 20.3 Å². The molecule has 2 N–H and O–H groups in total. The van der Waals surface area contributed by atoms with Crippen molar-refractivity contribution in [3.05, 3.63) is 35.5 Å². The average Bonchev–Trinajstić information content (AvgIpc) is 2.80. The number of rotatable bonds is 5. The van der Waals surface area contributed by atoms with Crippen LogP contribution in [0.2, 0.25) is 0 Å². The van der Waals surface area contributed by atoms with E-state index in [4.69, 9.17) is 14.7 Å². The summed E-state index contributed by atoms with van der Waals surface area (Å²) in [5.74, 6) is 1.78. The van der Waals surface area contributed by atoms with Crippen LogP contribution in [0.1, 0.15) is 45.0 Å². The molecule has 0 radical (unpaired) electrons. The molecule has 2 atom stereocenters. The number of ether oxygens (including phenoxy) is 1. The van der Waals surface area contributed by atoms with Crippen molar-refractivity contribution in [2.45, 2.75) is 46.2 Å². The van der Waals surface area contributed by atoms with E-state index in [2.05, 4.69) is 41.2 Å². The lowest BCUT2D eigenvalue weighted by atomic mass is 9.97. The molecular weight excluding hydrogens is 404 g/mol. The number of anilines is 2. The molecule has 2 aliphatic heterocycles. The molecular formula is C24H34N6O2. The van der Waals surface area contributed by atoms with Crippen LogP contribution in [0.5, 0.6) is 0 Å². The quantitative estimate of drug-likeness (QED) is 0.744. The Morgan fingerprint density at radius 2 is 1.94 bits per heavy atom. The lowest BCUT2D eigenvalue weighted by Gasteiger charge is -2.39. The lowest BCUT2D eigenvalue weighted by Crippen LogP contribution is -2.45. The molecule has 0 saturated carbocycles. The number of hydrogen-bond acceptors (Lipinski definition) is 6. The van der Waals surface area contributed by atoms with Crippen molar-refractivity contribution in [3.8, 4) is 11.4 Å². The van der Waals surface area contributed by atoms with Crippen molar-refractivity contribution in [1.29, 1.82) is 0 Å². The standard InChI is InChI=1S/C24H34N6O2/c1-5-25-24(31)26-19-9-7-18(8-10-19)22-27-21-17(4)29(6-2)12-11-20(21)23(28-22)30-13-14-32-15-16(30)3/h7-10,16-17H,5-6,11-15H2,1-4H3,(H2,25,26,31)/t16?,17-/m0/s1. The van der Waals surface area contributed by atoms with Crippen molar-refractivity contribution >= 4 is 17.5 Å². The van der Waals surface area contributed by atoms with Gasteiger partial charge in [-0.2, -0.15) is 0 Å². The van der Waals surface area contributed by atoms with E-state index in [0.717, 1.165) is 61.2 Å². The summed E-state index contributed by atoms with van der Waals surface area (Å²) in [6.07, 6.45) is 0.961. The second-order valence-corrected chi connectivity index (χ2v) is 8.47. The molecule has 1 saturated heterocycles. The summed E-state index contributed by atoms with van der Waals surface area (Å²) < 4.78 is 5.68. The summed E-state index contributed by atoms with van der Waals surface area (Å²) in [6.45, 7) is 13.4. The normalized spacial score (nSPS) is 21.2. The van der Waals surface area contributed by atoms with Crippen LogP contribution in [-0.4, -0.2) is 66.3 Å². The van der Waals surface area contributed by atoms with Crippen LogP contribution in [0.3, 0.4) is 0 Å². The van der Waals surface area contributed by atoms with Gasteiger partial charge in [0.15, 0.2) is 5.82 Å². The average molecular weight is 439 g/mol. The number of benzene rings is 1. The second kappa shape index (κ2) is 9.83. The Morgan fingerprint density at radius 3 is 2.62 bits per heavy atom. The third-order valence-electron chi connectivity index (χ3n) is 6.39.